The van der Waals surface area contributed by atoms with E-state index >= 15 is 4.57 Å². The molecule has 0 fully saturated rings. The Morgan fingerprint density at radius 1 is 0.343 bits per heavy atom. The molecule has 0 aromatic heterocycles. The number of carbonyl (C=O) groups excluding carboxylic acids is 6. The molecular formula is C88H106NO15P. The third-order valence-corrected chi connectivity index (χ3v) is 17.1. The first-order valence-corrected chi connectivity index (χ1v) is 29.9. The summed E-state index contributed by atoms with van der Waals surface area (Å²) < 4.78 is 49.5. The van der Waals surface area contributed by atoms with Crippen molar-refractivity contribution in [3.63, 3.8) is 0 Å². The monoisotopic (exact) mass is 1450 g/mol. The molecule has 0 spiro atoms. The molecule has 12 aromatic rings. The predicted octanol–water partition coefficient (Wildman–Crippen LogP) is 23.8. The summed E-state index contributed by atoms with van der Waals surface area (Å²) in [4.78, 5) is 77.4. The third kappa shape index (κ3) is 21.9. The summed E-state index contributed by atoms with van der Waals surface area (Å²) in [7, 11) is -4.16. The minimum atomic E-state index is -4.16. The molecule has 0 aliphatic carbocycles. The standard InChI is InChI=1S/C52H34NO12P.C22H16O3.14CH4/c1-31(54)61-40-21-16-32(17-22-40)50(57)63-42-25-26-46(48(30-42)66(60)47-12-5-3-10-44(47)43-9-2-4-11-45(43)65-66)64-52(59)37-8-6-7-36(28-37)51(58)62-41-23-18-38(19-24-41)53-49(56)35-14-13-34-29-39(55)20-15-33(34)27-35;1-14-2-3-18-13-21(9-7-15(18)10-14)25-22(24)19-5-4-17-12-20(23)8-6-16(17)11-19;;;;;;;;;;;;;;/h2-30,55H,1H3,(H,53,56);2-13,23H,1H3;14*1H4. The smallest absolute Gasteiger partial charge is 0.343 e. The summed E-state index contributed by atoms with van der Waals surface area (Å²) in [6.45, 7) is 3.30. The number of anilines is 1. The zero-order valence-corrected chi connectivity index (χ0v) is 49.2. The molecule has 0 bridgehead atoms. The second-order valence-electron chi connectivity index (χ2n) is 21.0. The van der Waals surface area contributed by atoms with E-state index in [1.54, 1.807) is 127 Å². The summed E-state index contributed by atoms with van der Waals surface area (Å²) in [5.41, 5.74) is 3.96. The van der Waals surface area contributed by atoms with E-state index in [-0.39, 0.29) is 166 Å². The average molecular weight is 1450 g/mol. The Hall–Kier alpha value is -12.1. The number of nitrogens with one attached hydrogen (secondary N) is 1. The second kappa shape index (κ2) is 41.7. The number of aromatic hydroxyl groups is 2. The molecule has 558 valence electrons. The number of benzene rings is 12. The maximum atomic E-state index is 15.4. The summed E-state index contributed by atoms with van der Waals surface area (Å²) >= 11 is 0. The van der Waals surface area contributed by atoms with Gasteiger partial charge in [-0.1, -0.05) is 201 Å². The van der Waals surface area contributed by atoms with E-state index < -0.39 is 37.2 Å². The van der Waals surface area contributed by atoms with Crippen LogP contribution in [0.1, 0.15) is 168 Å². The van der Waals surface area contributed by atoms with E-state index in [4.69, 9.17) is 28.2 Å². The number of esters is 5. The van der Waals surface area contributed by atoms with E-state index in [2.05, 4.69) is 11.4 Å². The van der Waals surface area contributed by atoms with Crippen molar-refractivity contribution in [2.45, 2.75) is 118 Å². The Labute approximate surface area is 622 Å². The van der Waals surface area contributed by atoms with E-state index in [1.807, 2.05) is 43.3 Å². The highest BCUT2D eigenvalue weighted by atomic mass is 31.2. The Bertz CT molecular complexity index is 4970. The number of rotatable bonds is 12. The van der Waals surface area contributed by atoms with Gasteiger partial charge in [-0.15, -0.1) is 0 Å². The molecule has 1 amide bonds. The van der Waals surface area contributed by atoms with Gasteiger partial charge < -0.3 is 43.7 Å². The number of hydrogen-bond acceptors (Lipinski definition) is 15. The Morgan fingerprint density at radius 3 is 1.35 bits per heavy atom. The molecule has 1 unspecified atom stereocenters. The Morgan fingerprint density at radius 2 is 0.752 bits per heavy atom. The Balaban J connectivity index is -0.00000229. The van der Waals surface area contributed by atoms with Crippen molar-refractivity contribution in [1.82, 2.24) is 0 Å². The van der Waals surface area contributed by atoms with Crippen LogP contribution in [0.5, 0.6) is 46.0 Å². The van der Waals surface area contributed by atoms with Crippen molar-refractivity contribution < 1.29 is 71.8 Å². The number of ether oxygens (including phenoxy) is 5. The van der Waals surface area contributed by atoms with Crippen LogP contribution >= 0.6 is 7.37 Å². The average Bonchev–Trinajstić information content (AvgIpc) is 0.730. The van der Waals surface area contributed by atoms with E-state index in [0.717, 1.165) is 32.3 Å². The molecule has 0 saturated heterocycles. The van der Waals surface area contributed by atoms with Crippen molar-refractivity contribution >= 4 is 91.7 Å². The number of amides is 1. The molecular weight excluding hydrogens is 1340 g/mol. The molecule has 16 nitrogen and oxygen atoms in total. The number of hydrogen-bond donors (Lipinski definition) is 3. The van der Waals surface area contributed by atoms with Crippen LogP contribution in [-0.2, 0) is 9.36 Å². The van der Waals surface area contributed by atoms with Gasteiger partial charge in [0.1, 0.15) is 46.0 Å². The highest BCUT2D eigenvalue weighted by Crippen LogP contribution is 2.55. The van der Waals surface area contributed by atoms with Gasteiger partial charge in [0.2, 0.25) is 0 Å². The van der Waals surface area contributed by atoms with Gasteiger partial charge in [0, 0.05) is 23.7 Å². The quantitative estimate of drug-likeness (QED) is 0.0587. The minimum absolute atomic E-state index is 0. The van der Waals surface area contributed by atoms with Gasteiger partial charge in [-0.3, -0.25) is 14.2 Å². The van der Waals surface area contributed by atoms with Gasteiger partial charge in [-0.2, -0.15) is 0 Å². The van der Waals surface area contributed by atoms with Crippen molar-refractivity contribution in [3.05, 3.63) is 282 Å². The predicted molar refractivity (Wildman–Crippen MR) is 438 cm³/mol. The summed E-state index contributed by atoms with van der Waals surface area (Å²) in [6, 6.07) is 67.6. The molecule has 1 aliphatic heterocycles. The molecule has 0 radical (unpaired) electrons. The molecule has 13 rings (SSSR count). The summed E-state index contributed by atoms with van der Waals surface area (Å²) in [5.74, 6) is -2.39. The maximum Gasteiger partial charge on any atom is 0.343 e. The van der Waals surface area contributed by atoms with Crippen LogP contribution < -0.4 is 44.1 Å². The number of phenols is 2. The van der Waals surface area contributed by atoms with Crippen molar-refractivity contribution in [2.24, 2.45) is 0 Å². The van der Waals surface area contributed by atoms with Gasteiger partial charge in [-0.25, -0.2) is 19.2 Å². The minimum Gasteiger partial charge on any atom is -0.508 e. The fraction of sp³-hybridized carbons (Fsp3) is 0.182. The number of para-hydroxylation sites is 1. The van der Waals surface area contributed by atoms with Gasteiger partial charge in [0.05, 0.1) is 32.9 Å². The molecule has 1 heterocycles. The number of fused-ring (bicyclic) bond motifs is 6. The number of aryl methyl sites for hydroxylation is 1. The molecule has 3 N–H and O–H groups in total. The maximum absolute atomic E-state index is 15.4. The highest BCUT2D eigenvalue weighted by Gasteiger charge is 2.41. The first kappa shape index (κ1) is 97.0. The van der Waals surface area contributed by atoms with E-state index in [1.165, 1.54) is 91.3 Å². The number of carbonyl (C=O) groups is 6. The largest absolute Gasteiger partial charge is 0.508 e. The van der Waals surface area contributed by atoms with Gasteiger partial charge in [0.15, 0.2) is 0 Å². The van der Waals surface area contributed by atoms with Crippen LogP contribution in [0.2, 0.25) is 0 Å². The molecule has 12 aromatic carbocycles. The normalized spacial score (nSPS) is 11.1. The van der Waals surface area contributed by atoms with Gasteiger partial charge in [0.25, 0.3) is 5.91 Å². The SMILES string of the molecule is C.C.C.C.C.C.C.C.C.C.C.C.C.C.CC(=O)Oc1ccc(C(=O)Oc2ccc(OC(=O)c3cccc(C(=O)Oc4ccc(NC(=O)c5ccc6cc(O)ccc6c5)cc4)c3)c(P3(=O)Oc4ccccc4-c4ccccc43)c2)cc1.Cc1ccc2cc(OC(=O)c3ccc4cc(O)ccc4c3)ccc2c1. The molecule has 1 atom stereocenters. The summed E-state index contributed by atoms with van der Waals surface area (Å²) in [5, 5.41) is 27.8. The van der Waals surface area contributed by atoms with Crippen LogP contribution in [0.25, 0.3) is 43.4 Å². The molecule has 1 aliphatic rings. The number of phenolic OH excluding ortho intramolecular Hbond substituents is 2. The molecule has 105 heavy (non-hydrogen) atoms. The third-order valence-electron chi connectivity index (χ3n) is 14.6. The topological polar surface area (TPSA) is 227 Å². The van der Waals surface area contributed by atoms with Crippen LogP contribution in [-0.4, -0.2) is 46.0 Å². The fourth-order valence-electron chi connectivity index (χ4n) is 10.2. The lowest BCUT2D eigenvalue weighted by Crippen LogP contribution is -2.27. The van der Waals surface area contributed by atoms with Gasteiger partial charge >= 0.3 is 37.2 Å². The van der Waals surface area contributed by atoms with Crippen LogP contribution in [0.15, 0.2) is 249 Å². The van der Waals surface area contributed by atoms with Crippen molar-refractivity contribution in [2.75, 3.05) is 5.32 Å². The lowest BCUT2D eigenvalue weighted by Gasteiger charge is -2.29. The van der Waals surface area contributed by atoms with E-state index in [0.29, 0.717) is 44.7 Å². The fourth-order valence-corrected chi connectivity index (χ4v) is 12.6. The second-order valence-corrected chi connectivity index (χ2v) is 23.3. The Kier molecular flexibility index (Phi) is 38.5. The lowest BCUT2D eigenvalue weighted by atomic mass is 10.0. The first-order chi connectivity index (χ1) is 44.0. The van der Waals surface area contributed by atoms with Crippen LogP contribution in [0.4, 0.5) is 5.69 Å². The van der Waals surface area contributed by atoms with Crippen molar-refractivity contribution in [3.8, 4) is 57.1 Å². The zero-order chi connectivity index (χ0) is 63.3. The highest BCUT2D eigenvalue weighted by molar-refractivity contribution is 7.75. The molecule has 0 saturated carbocycles. The first-order valence-electron chi connectivity index (χ1n) is 28.3. The summed E-state index contributed by atoms with van der Waals surface area (Å²) in [6.07, 6.45) is 0. The molecule has 17 heteroatoms. The van der Waals surface area contributed by atoms with Crippen LogP contribution in [0, 0.1) is 6.92 Å². The van der Waals surface area contributed by atoms with Gasteiger partial charge in [-0.05, 0) is 203 Å². The van der Waals surface area contributed by atoms with Crippen LogP contribution in [0.3, 0.4) is 0 Å². The van der Waals surface area contributed by atoms with Crippen molar-refractivity contribution in [1.29, 1.82) is 0 Å². The lowest BCUT2D eigenvalue weighted by molar-refractivity contribution is -0.131. The van der Waals surface area contributed by atoms with E-state index in [9.17, 15) is 39.0 Å². The zero-order valence-electron chi connectivity index (χ0n) is 48.3.